The lowest BCUT2D eigenvalue weighted by Gasteiger charge is -2.10. The van der Waals surface area contributed by atoms with Gasteiger partial charge in [-0.1, -0.05) is 35.3 Å². The van der Waals surface area contributed by atoms with Crippen molar-refractivity contribution in [3.05, 3.63) is 63.6 Å². The first kappa shape index (κ1) is 18.2. The molecular weight excluding hydrogens is 368 g/mol. The zero-order chi connectivity index (χ0) is 17.5. The number of benzene rings is 2. The van der Waals surface area contributed by atoms with E-state index in [9.17, 15) is 9.59 Å². The van der Waals surface area contributed by atoms with Gasteiger partial charge in [-0.15, -0.1) is 0 Å². The number of carbonyl (C=O) groups is 2. The van der Waals surface area contributed by atoms with Crippen molar-refractivity contribution in [1.29, 1.82) is 0 Å². The van der Waals surface area contributed by atoms with Crippen molar-refractivity contribution in [3.63, 3.8) is 0 Å². The molecule has 126 valence electrons. The molecule has 5 heteroatoms. The number of amides is 2. The summed E-state index contributed by atoms with van der Waals surface area (Å²) in [6.45, 7) is 4.64. The fourth-order valence-corrected chi connectivity index (χ4v) is 2.72. The monoisotopic (exact) mass is 388 g/mol. The predicted octanol–water partition coefficient (Wildman–Crippen LogP) is 4.54. The quantitative estimate of drug-likeness (QED) is 0.713. The third-order valence-electron chi connectivity index (χ3n) is 3.64. The number of nitrogens with one attached hydrogen (secondary N) is 2. The summed E-state index contributed by atoms with van der Waals surface area (Å²) in [6, 6.07) is 12.4. The molecule has 0 atom stereocenters. The Morgan fingerprint density at radius 3 is 2.42 bits per heavy atom. The molecule has 0 saturated carbocycles. The largest absolute Gasteiger partial charge is 0.352 e. The maximum absolute atomic E-state index is 12.4. The van der Waals surface area contributed by atoms with Gasteiger partial charge in [0.05, 0.1) is 0 Å². The Morgan fingerprint density at radius 2 is 1.75 bits per heavy atom. The maximum Gasteiger partial charge on any atom is 0.255 e. The molecule has 0 spiro atoms. The minimum absolute atomic E-state index is 0.155. The van der Waals surface area contributed by atoms with E-state index in [0.29, 0.717) is 17.7 Å². The lowest BCUT2D eigenvalue weighted by molar-refractivity contribution is 0.0953. The smallest absolute Gasteiger partial charge is 0.255 e. The molecule has 0 unspecified atom stereocenters. The SMILES string of the molecule is CCCCNC(=O)c1cccc(C(=O)Nc2ccc(Br)cc2C)c1. The summed E-state index contributed by atoms with van der Waals surface area (Å²) < 4.78 is 0.962. The Kier molecular flexibility index (Phi) is 6.55. The second kappa shape index (κ2) is 8.64. The molecule has 0 saturated heterocycles. The normalized spacial score (nSPS) is 10.3. The van der Waals surface area contributed by atoms with Crippen molar-refractivity contribution >= 4 is 33.4 Å². The molecule has 0 heterocycles. The first-order chi connectivity index (χ1) is 11.5. The van der Waals surface area contributed by atoms with Gasteiger partial charge in [-0.3, -0.25) is 9.59 Å². The van der Waals surface area contributed by atoms with Crippen molar-refractivity contribution in [2.24, 2.45) is 0 Å². The van der Waals surface area contributed by atoms with Crippen LogP contribution in [0.25, 0.3) is 0 Å². The van der Waals surface area contributed by atoms with Crippen LogP contribution in [0.4, 0.5) is 5.69 Å². The molecule has 24 heavy (non-hydrogen) atoms. The van der Waals surface area contributed by atoms with Crippen molar-refractivity contribution in [1.82, 2.24) is 5.32 Å². The highest BCUT2D eigenvalue weighted by atomic mass is 79.9. The van der Waals surface area contributed by atoms with E-state index in [1.54, 1.807) is 24.3 Å². The van der Waals surface area contributed by atoms with Crippen LogP contribution in [0.1, 0.15) is 46.0 Å². The first-order valence-corrected chi connectivity index (χ1v) is 8.76. The van der Waals surface area contributed by atoms with E-state index in [1.165, 1.54) is 0 Å². The number of hydrogen-bond acceptors (Lipinski definition) is 2. The van der Waals surface area contributed by atoms with Gasteiger partial charge < -0.3 is 10.6 Å². The molecule has 0 aromatic heterocycles. The number of aryl methyl sites for hydroxylation is 1. The van der Waals surface area contributed by atoms with E-state index in [-0.39, 0.29) is 11.8 Å². The summed E-state index contributed by atoms with van der Waals surface area (Å²) in [6.07, 6.45) is 1.96. The lowest BCUT2D eigenvalue weighted by atomic mass is 10.1. The summed E-state index contributed by atoms with van der Waals surface area (Å²) in [5, 5.41) is 5.74. The van der Waals surface area contributed by atoms with Gasteiger partial charge in [-0.25, -0.2) is 0 Å². The zero-order valence-corrected chi connectivity index (χ0v) is 15.4. The number of unbranched alkanes of at least 4 members (excludes halogenated alkanes) is 1. The van der Waals surface area contributed by atoms with Crippen LogP contribution in [-0.2, 0) is 0 Å². The van der Waals surface area contributed by atoms with Crippen LogP contribution >= 0.6 is 15.9 Å². The van der Waals surface area contributed by atoms with Crippen LogP contribution < -0.4 is 10.6 Å². The predicted molar refractivity (Wildman–Crippen MR) is 101 cm³/mol. The molecule has 2 rings (SSSR count). The first-order valence-electron chi connectivity index (χ1n) is 7.97. The molecule has 0 aliphatic carbocycles. The van der Waals surface area contributed by atoms with E-state index in [1.807, 2.05) is 25.1 Å². The molecular formula is C19H21BrN2O2. The van der Waals surface area contributed by atoms with Gasteiger partial charge in [-0.2, -0.15) is 0 Å². The third-order valence-corrected chi connectivity index (χ3v) is 4.13. The molecule has 2 aromatic rings. The van der Waals surface area contributed by atoms with Gasteiger partial charge in [0.15, 0.2) is 0 Å². The summed E-state index contributed by atoms with van der Waals surface area (Å²) >= 11 is 3.40. The number of anilines is 1. The van der Waals surface area contributed by atoms with Crippen LogP contribution in [0.2, 0.25) is 0 Å². The molecule has 0 aliphatic heterocycles. The fourth-order valence-electron chi connectivity index (χ4n) is 2.24. The van der Waals surface area contributed by atoms with E-state index in [4.69, 9.17) is 0 Å². The molecule has 2 N–H and O–H groups in total. The van der Waals surface area contributed by atoms with Crippen LogP contribution in [0.5, 0.6) is 0 Å². The molecule has 0 aliphatic rings. The Balaban J connectivity index is 2.09. The summed E-state index contributed by atoms with van der Waals surface area (Å²) in [5.41, 5.74) is 2.67. The van der Waals surface area contributed by atoms with Crippen LogP contribution in [0.3, 0.4) is 0 Å². The number of rotatable bonds is 6. The minimum Gasteiger partial charge on any atom is -0.352 e. The van der Waals surface area contributed by atoms with Crippen molar-refractivity contribution < 1.29 is 9.59 Å². The topological polar surface area (TPSA) is 58.2 Å². The average molecular weight is 389 g/mol. The second-order valence-electron chi connectivity index (χ2n) is 5.60. The maximum atomic E-state index is 12.4. The molecule has 0 bridgehead atoms. The van der Waals surface area contributed by atoms with Crippen LogP contribution in [0.15, 0.2) is 46.9 Å². The highest BCUT2D eigenvalue weighted by molar-refractivity contribution is 9.10. The van der Waals surface area contributed by atoms with Crippen LogP contribution in [-0.4, -0.2) is 18.4 Å². The highest BCUT2D eigenvalue weighted by Gasteiger charge is 2.11. The molecule has 4 nitrogen and oxygen atoms in total. The highest BCUT2D eigenvalue weighted by Crippen LogP contribution is 2.20. The van der Waals surface area contributed by atoms with Crippen molar-refractivity contribution in [3.8, 4) is 0 Å². The van der Waals surface area contributed by atoms with Gasteiger partial charge >= 0.3 is 0 Å². The van der Waals surface area contributed by atoms with Gasteiger partial charge in [0.2, 0.25) is 0 Å². The van der Waals surface area contributed by atoms with Crippen LogP contribution in [0, 0.1) is 6.92 Å². The molecule has 0 radical (unpaired) electrons. The Hall–Kier alpha value is -2.14. The Labute approximate surface area is 150 Å². The van der Waals surface area contributed by atoms with Gasteiger partial charge in [0.1, 0.15) is 0 Å². The third kappa shape index (κ3) is 4.93. The molecule has 2 aromatic carbocycles. The standard InChI is InChI=1S/C19H21BrN2O2/c1-3-4-10-21-18(23)14-6-5-7-15(12-14)19(24)22-17-9-8-16(20)11-13(17)2/h5-9,11-12H,3-4,10H2,1-2H3,(H,21,23)(H,22,24). The van der Waals surface area contributed by atoms with E-state index in [2.05, 4.69) is 33.5 Å². The van der Waals surface area contributed by atoms with Gasteiger partial charge in [0.25, 0.3) is 11.8 Å². The molecule has 2 amide bonds. The van der Waals surface area contributed by atoms with Crippen molar-refractivity contribution in [2.45, 2.75) is 26.7 Å². The van der Waals surface area contributed by atoms with E-state index >= 15 is 0 Å². The minimum atomic E-state index is -0.233. The Bertz CT molecular complexity index is 744. The zero-order valence-electron chi connectivity index (χ0n) is 13.9. The lowest BCUT2D eigenvalue weighted by Crippen LogP contribution is -2.24. The Morgan fingerprint density at radius 1 is 1.04 bits per heavy atom. The van der Waals surface area contributed by atoms with E-state index in [0.717, 1.165) is 28.6 Å². The fraction of sp³-hybridized carbons (Fsp3) is 0.263. The number of halogens is 1. The van der Waals surface area contributed by atoms with E-state index < -0.39 is 0 Å². The molecule has 0 fully saturated rings. The van der Waals surface area contributed by atoms with Gasteiger partial charge in [-0.05, 0) is 55.3 Å². The average Bonchev–Trinajstić information content (AvgIpc) is 2.57. The summed E-state index contributed by atoms with van der Waals surface area (Å²) in [7, 11) is 0. The van der Waals surface area contributed by atoms with Gasteiger partial charge in [0, 0.05) is 27.8 Å². The summed E-state index contributed by atoms with van der Waals surface area (Å²) in [4.78, 5) is 24.5. The second-order valence-corrected chi connectivity index (χ2v) is 6.52. The van der Waals surface area contributed by atoms with Crippen molar-refractivity contribution in [2.75, 3.05) is 11.9 Å². The number of carbonyl (C=O) groups excluding carboxylic acids is 2. The summed E-state index contributed by atoms with van der Waals surface area (Å²) in [5.74, 6) is -0.387. The number of hydrogen-bond donors (Lipinski definition) is 2.